The number of aromatic nitrogens is 2. The van der Waals surface area contributed by atoms with Crippen molar-refractivity contribution in [3.8, 4) is 11.4 Å². The summed E-state index contributed by atoms with van der Waals surface area (Å²) >= 11 is 2.57. The first kappa shape index (κ1) is 12.0. The standard InChI is InChI=1S/C10H10N2O3S2/c1-6-11-7(4-16-6)8-5-17-10(15)12(8)3-2-9(13)14/h4-5H,2-3H2,1H3,(H,13,14). The van der Waals surface area contributed by atoms with Crippen LogP contribution in [0.4, 0.5) is 0 Å². The summed E-state index contributed by atoms with van der Waals surface area (Å²) in [7, 11) is 0. The van der Waals surface area contributed by atoms with Crippen LogP contribution in [0.15, 0.2) is 15.6 Å². The maximum atomic E-state index is 11.6. The van der Waals surface area contributed by atoms with Gasteiger partial charge in [-0.25, -0.2) is 4.98 Å². The first-order valence-electron chi connectivity index (χ1n) is 4.90. The Hall–Kier alpha value is -1.47. The fraction of sp³-hybridized carbons (Fsp3) is 0.300. The van der Waals surface area contributed by atoms with Gasteiger partial charge in [-0.15, -0.1) is 11.3 Å². The highest BCUT2D eigenvalue weighted by Gasteiger charge is 2.12. The number of aliphatic carboxylic acids is 1. The lowest BCUT2D eigenvalue weighted by atomic mass is 10.3. The van der Waals surface area contributed by atoms with Crippen LogP contribution in [0.5, 0.6) is 0 Å². The largest absolute Gasteiger partial charge is 0.481 e. The molecule has 0 aliphatic carbocycles. The summed E-state index contributed by atoms with van der Waals surface area (Å²) in [6.45, 7) is 2.07. The molecule has 2 aromatic heterocycles. The van der Waals surface area contributed by atoms with Crippen molar-refractivity contribution in [2.45, 2.75) is 19.9 Å². The van der Waals surface area contributed by atoms with E-state index in [0.29, 0.717) is 5.69 Å². The SMILES string of the molecule is Cc1nc(-c2csc(=O)n2CCC(=O)O)cs1. The van der Waals surface area contributed by atoms with Crippen molar-refractivity contribution in [1.82, 2.24) is 9.55 Å². The van der Waals surface area contributed by atoms with Crippen LogP contribution in [0, 0.1) is 6.92 Å². The molecule has 2 heterocycles. The van der Waals surface area contributed by atoms with E-state index in [9.17, 15) is 9.59 Å². The number of thiazole rings is 2. The van der Waals surface area contributed by atoms with Gasteiger partial charge in [0, 0.05) is 17.3 Å². The van der Waals surface area contributed by atoms with Crippen molar-refractivity contribution in [3.05, 3.63) is 25.4 Å². The number of nitrogens with zero attached hydrogens (tertiary/aromatic N) is 2. The van der Waals surface area contributed by atoms with Gasteiger partial charge >= 0.3 is 10.8 Å². The van der Waals surface area contributed by atoms with E-state index in [-0.39, 0.29) is 17.8 Å². The first-order valence-corrected chi connectivity index (χ1v) is 6.66. The summed E-state index contributed by atoms with van der Waals surface area (Å²) in [5.41, 5.74) is 1.43. The fourth-order valence-corrected chi connectivity index (χ4v) is 2.81. The minimum absolute atomic E-state index is 0.0627. The molecule has 17 heavy (non-hydrogen) atoms. The molecule has 0 saturated carbocycles. The normalized spacial score (nSPS) is 10.6. The molecular formula is C10H10N2O3S2. The van der Waals surface area contributed by atoms with Crippen molar-refractivity contribution in [2.24, 2.45) is 0 Å². The van der Waals surface area contributed by atoms with Crippen molar-refractivity contribution in [2.75, 3.05) is 0 Å². The second kappa shape index (κ2) is 4.80. The number of carboxylic acid groups (broad SMARTS) is 1. The minimum atomic E-state index is -0.913. The zero-order chi connectivity index (χ0) is 12.4. The van der Waals surface area contributed by atoms with E-state index in [1.165, 1.54) is 15.9 Å². The Kier molecular flexibility index (Phi) is 3.39. The van der Waals surface area contributed by atoms with Crippen LogP contribution in [0.25, 0.3) is 11.4 Å². The monoisotopic (exact) mass is 270 g/mol. The molecule has 5 nitrogen and oxygen atoms in total. The van der Waals surface area contributed by atoms with Crippen LogP contribution in [-0.2, 0) is 11.3 Å². The average Bonchev–Trinajstić information content (AvgIpc) is 2.82. The summed E-state index contributed by atoms with van der Waals surface area (Å²) in [5.74, 6) is -0.913. The molecule has 0 aliphatic heterocycles. The third kappa shape index (κ3) is 2.62. The Morgan fingerprint density at radius 3 is 2.82 bits per heavy atom. The van der Waals surface area contributed by atoms with E-state index in [1.807, 2.05) is 12.3 Å². The molecule has 0 bridgehead atoms. The van der Waals surface area contributed by atoms with Gasteiger partial charge in [0.05, 0.1) is 22.8 Å². The highest BCUT2D eigenvalue weighted by molar-refractivity contribution is 7.10. The van der Waals surface area contributed by atoms with Gasteiger partial charge < -0.3 is 5.11 Å². The van der Waals surface area contributed by atoms with E-state index in [1.54, 1.807) is 5.38 Å². The molecule has 0 amide bonds. The van der Waals surface area contributed by atoms with Crippen LogP contribution in [-0.4, -0.2) is 20.6 Å². The van der Waals surface area contributed by atoms with Crippen molar-refractivity contribution in [3.63, 3.8) is 0 Å². The minimum Gasteiger partial charge on any atom is -0.481 e. The maximum Gasteiger partial charge on any atom is 0.307 e. The van der Waals surface area contributed by atoms with Gasteiger partial charge in [0.2, 0.25) is 0 Å². The molecule has 2 aromatic rings. The summed E-state index contributed by atoms with van der Waals surface area (Å²) in [5, 5.41) is 13.2. The highest BCUT2D eigenvalue weighted by atomic mass is 32.1. The van der Waals surface area contributed by atoms with Crippen molar-refractivity contribution < 1.29 is 9.90 Å². The predicted octanol–water partition coefficient (Wildman–Crippen LogP) is 1.82. The quantitative estimate of drug-likeness (QED) is 0.919. The molecule has 0 unspecified atom stereocenters. The average molecular weight is 270 g/mol. The van der Waals surface area contributed by atoms with E-state index < -0.39 is 5.97 Å². The highest BCUT2D eigenvalue weighted by Crippen LogP contribution is 2.22. The van der Waals surface area contributed by atoms with Gasteiger partial charge in [0.25, 0.3) is 0 Å². The van der Waals surface area contributed by atoms with E-state index in [4.69, 9.17) is 5.11 Å². The lowest BCUT2D eigenvalue weighted by Crippen LogP contribution is -2.16. The van der Waals surface area contributed by atoms with E-state index >= 15 is 0 Å². The Morgan fingerprint density at radius 2 is 2.24 bits per heavy atom. The summed E-state index contributed by atoms with van der Waals surface area (Å²) < 4.78 is 1.47. The van der Waals surface area contributed by atoms with Gasteiger partial charge in [-0.1, -0.05) is 11.3 Å². The van der Waals surface area contributed by atoms with Gasteiger partial charge in [-0.3, -0.25) is 14.2 Å². The number of aryl methyl sites for hydroxylation is 1. The van der Waals surface area contributed by atoms with Gasteiger partial charge in [-0.05, 0) is 6.92 Å². The van der Waals surface area contributed by atoms with Crippen molar-refractivity contribution in [1.29, 1.82) is 0 Å². The van der Waals surface area contributed by atoms with Crippen LogP contribution >= 0.6 is 22.7 Å². The molecule has 2 rings (SSSR count). The van der Waals surface area contributed by atoms with Gasteiger partial charge in [0.1, 0.15) is 0 Å². The van der Waals surface area contributed by atoms with E-state index in [2.05, 4.69) is 4.98 Å². The smallest absolute Gasteiger partial charge is 0.307 e. The van der Waals surface area contributed by atoms with Crippen LogP contribution in [0.3, 0.4) is 0 Å². The van der Waals surface area contributed by atoms with Crippen molar-refractivity contribution >= 4 is 28.6 Å². The molecule has 0 radical (unpaired) electrons. The second-order valence-electron chi connectivity index (χ2n) is 3.43. The number of rotatable bonds is 4. The number of hydrogen-bond donors (Lipinski definition) is 1. The zero-order valence-corrected chi connectivity index (χ0v) is 10.7. The molecule has 0 spiro atoms. The fourth-order valence-electron chi connectivity index (χ4n) is 1.43. The topological polar surface area (TPSA) is 72.2 Å². The molecule has 0 aliphatic rings. The summed E-state index contributed by atoms with van der Waals surface area (Å²) in [6.07, 6.45) is -0.0627. The second-order valence-corrected chi connectivity index (χ2v) is 5.32. The lowest BCUT2D eigenvalue weighted by molar-refractivity contribution is -0.137. The molecule has 0 fully saturated rings. The Labute approximate surface area is 105 Å². The van der Waals surface area contributed by atoms with Crippen LogP contribution in [0.2, 0.25) is 0 Å². The number of carbonyl (C=O) groups is 1. The van der Waals surface area contributed by atoms with Gasteiger partial charge in [-0.2, -0.15) is 0 Å². The number of hydrogen-bond acceptors (Lipinski definition) is 5. The summed E-state index contributed by atoms with van der Waals surface area (Å²) in [6, 6.07) is 0. The molecular weight excluding hydrogens is 260 g/mol. The lowest BCUT2D eigenvalue weighted by Gasteiger charge is -2.03. The molecule has 7 heteroatoms. The van der Waals surface area contributed by atoms with Crippen LogP contribution in [0.1, 0.15) is 11.4 Å². The molecule has 0 atom stereocenters. The number of carboxylic acids is 1. The molecule has 90 valence electrons. The summed E-state index contributed by atoms with van der Waals surface area (Å²) in [4.78, 5) is 26.3. The predicted molar refractivity (Wildman–Crippen MR) is 66.7 cm³/mol. The Balaban J connectivity index is 2.35. The van der Waals surface area contributed by atoms with Gasteiger partial charge in [0.15, 0.2) is 0 Å². The molecule has 0 saturated heterocycles. The molecule has 1 N–H and O–H groups in total. The maximum absolute atomic E-state index is 11.6. The Morgan fingerprint density at radius 1 is 1.47 bits per heavy atom. The van der Waals surface area contributed by atoms with Crippen LogP contribution < -0.4 is 4.87 Å². The zero-order valence-electron chi connectivity index (χ0n) is 9.04. The van der Waals surface area contributed by atoms with E-state index in [0.717, 1.165) is 22.0 Å². The Bertz CT molecular complexity index is 597. The first-order chi connectivity index (χ1) is 8.08. The molecule has 0 aromatic carbocycles. The third-order valence-corrected chi connectivity index (χ3v) is 3.75. The third-order valence-electron chi connectivity index (χ3n) is 2.21.